The van der Waals surface area contributed by atoms with Crippen LogP contribution in [0.4, 0.5) is 0 Å². The summed E-state index contributed by atoms with van der Waals surface area (Å²) in [5, 5.41) is 7.80. The first kappa shape index (κ1) is 8.23. The lowest BCUT2D eigenvalue weighted by Gasteiger charge is -2.27. The fraction of sp³-hybridized carbons (Fsp3) is 0.556. The van der Waals surface area contributed by atoms with Crippen molar-refractivity contribution in [3.05, 3.63) is 22.4 Å². The van der Waals surface area contributed by atoms with Gasteiger partial charge < -0.3 is 11.1 Å². The summed E-state index contributed by atoms with van der Waals surface area (Å²) in [6.45, 7) is 1.06. The molecule has 0 saturated carbocycles. The Morgan fingerprint density at radius 2 is 2.50 bits per heavy atom. The molecule has 1 aliphatic rings. The van der Waals surface area contributed by atoms with Gasteiger partial charge in [0.1, 0.15) is 0 Å². The van der Waals surface area contributed by atoms with Crippen molar-refractivity contribution < 1.29 is 0 Å². The van der Waals surface area contributed by atoms with Crippen LogP contribution >= 0.6 is 11.3 Å². The molecule has 3 N–H and O–H groups in total. The van der Waals surface area contributed by atoms with Gasteiger partial charge in [-0.2, -0.15) is 11.3 Å². The molecule has 1 aromatic heterocycles. The minimum Gasteiger partial charge on any atom is -0.328 e. The second-order valence-corrected chi connectivity index (χ2v) is 4.13. The first-order valence-electron chi connectivity index (χ1n) is 4.37. The molecule has 0 bridgehead atoms. The van der Waals surface area contributed by atoms with Crippen LogP contribution in [0, 0.1) is 0 Å². The van der Waals surface area contributed by atoms with E-state index in [2.05, 4.69) is 22.1 Å². The van der Waals surface area contributed by atoms with E-state index in [1.807, 2.05) is 0 Å². The number of nitrogens with one attached hydrogen (secondary N) is 1. The summed E-state index contributed by atoms with van der Waals surface area (Å²) >= 11 is 1.75. The lowest BCUT2D eigenvalue weighted by molar-refractivity contribution is 0.370. The van der Waals surface area contributed by atoms with E-state index in [0.717, 1.165) is 19.4 Å². The minimum absolute atomic E-state index is 0.385. The van der Waals surface area contributed by atoms with Gasteiger partial charge in [0.05, 0.1) is 0 Å². The van der Waals surface area contributed by atoms with Crippen molar-refractivity contribution in [2.45, 2.75) is 24.9 Å². The van der Waals surface area contributed by atoms with E-state index in [1.54, 1.807) is 11.3 Å². The number of piperidine rings is 1. The van der Waals surface area contributed by atoms with Crippen molar-refractivity contribution >= 4 is 11.3 Å². The number of nitrogens with two attached hydrogens (primary N) is 1. The summed E-state index contributed by atoms with van der Waals surface area (Å²) in [7, 11) is 0. The largest absolute Gasteiger partial charge is 0.328 e. The van der Waals surface area contributed by atoms with Gasteiger partial charge in [0, 0.05) is 12.1 Å². The van der Waals surface area contributed by atoms with Gasteiger partial charge in [-0.05, 0) is 41.8 Å². The smallest absolute Gasteiger partial charge is 0.0343 e. The Labute approximate surface area is 76.8 Å². The summed E-state index contributed by atoms with van der Waals surface area (Å²) < 4.78 is 0. The molecular formula is C9H14N2S. The Kier molecular flexibility index (Phi) is 2.44. The zero-order chi connectivity index (χ0) is 8.39. The lowest BCUT2D eigenvalue weighted by Crippen LogP contribution is -2.38. The van der Waals surface area contributed by atoms with Gasteiger partial charge in [0.2, 0.25) is 0 Å². The molecule has 2 heterocycles. The molecule has 3 heteroatoms. The van der Waals surface area contributed by atoms with Gasteiger partial charge >= 0.3 is 0 Å². The highest BCUT2D eigenvalue weighted by Crippen LogP contribution is 2.23. The molecule has 66 valence electrons. The Morgan fingerprint density at radius 3 is 3.17 bits per heavy atom. The van der Waals surface area contributed by atoms with Gasteiger partial charge in [-0.1, -0.05) is 0 Å². The highest BCUT2D eigenvalue weighted by Gasteiger charge is 2.19. The normalized spacial score (nSPS) is 30.4. The molecule has 0 amide bonds. The van der Waals surface area contributed by atoms with E-state index in [4.69, 9.17) is 5.73 Å². The predicted molar refractivity (Wildman–Crippen MR) is 52.3 cm³/mol. The highest BCUT2D eigenvalue weighted by atomic mass is 32.1. The van der Waals surface area contributed by atoms with Crippen LogP contribution in [0.1, 0.15) is 24.4 Å². The van der Waals surface area contributed by atoms with Crippen LogP contribution in [0.5, 0.6) is 0 Å². The molecule has 2 nitrogen and oxygen atoms in total. The summed E-state index contributed by atoms with van der Waals surface area (Å²) in [4.78, 5) is 0. The molecule has 1 fully saturated rings. The summed E-state index contributed by atoms with van der Waals surface area (Å²) in [6.07, 6.45) is 2.19. The van der Waals surface area contributed by atoms with Crippen LogP contribution in [-0.4, -0.2) is 12.6 Å². The number of thiophene rings is 1. The van der Waals surface area contributed by atoms with E-state index in [0.29, 0.717) is 12.1 Å². The van der Waals surface area contributed by atoms with E-state index in [-0.39, 0.29) is 0 Å². The first-order chi connectivity index (χ1) is 5.86. The second kappa shape index (κ2) is 3.56. The molecule has 12 heavy (non-hydrogen) atoms. The van der Waals surface area contributed by atoms with Gasteiger partial charge in [-0.15, -0.1) is 0 Å². The summed E-state index contributed by atoms with van der Waals surface area (Å²) in [6, 6.07) is 3.07. The van der Waals surface area contributed by atoms with E-state index in [1.165, 1.54) is 5.56 Å². The molecule has 0 aliphatic carbocycles. The van der Waals surface area contributed by atoms with Crippen LogP contribution in [0.25, 0.3) is 0 Å². The minimum atomic E-state index is 0.385. The molecule has 0 spiro atoms. The van der Waals surface area contributed by atoms with Gasteiger partial charge in [0.25, 0.3) is 0 Å². The molecule has 1 saturated heterocycles. The summed E-state index contributed by atoms with van der Waals surface area (Å²) in [5.41, 5.74) is 7.29. The summed E-state index contributed by atoms with van der Waals surface area (Å²) in [5.74, 6) is 0. The van der Waals surface area contributed by atoms with Gasteiger partial charge in [0.15, 0.2) is 0 Å². The van der Waals surface area contributed by atoms with E-state index >= 15 is 0 Å². The monoisotopic (exact) mass is 182 g/mol. The molecule has 2 atom stereocenters. The van der Waals surface area contributed by atoms with Gasteiger partial charge in [-0.25, -0.2) is 0 Å². The maximum absolute atomic E-state index is 5.89. The molecule has 2 rings (SSSR count). The number of rotatable bonds is 1. The van der Waals surface area contributed by atoms with Gasteiger partial charge in [-0.3, -0.25) is 0 Å². The van der Waals surface area contributed by atoms with Crippen LogP contribution < -0.4 is 11.1 Å². The predicted octanol–water partition coefficient (Wildman–Crippen LogP) is 1.50. The Morgan fingerprint density at radius 1 is 1.58 bits per heavy atom. The third kappa shape index (κ3) is 1.68. The fourth-order valence-corrected chi connectivity index (χ4v) is 2.39. The lowest BCUT2D eigenvalue weighted by atomic mass is 9.96. The van der Waals surface area contributed by atoms with Crippen LogP contribution in [0.3, 0.4) is 0 Å². The zero-order valence-electron chi connectivity index (χ0n) is 6.99. The average Bonchev–Trinajstić information content (AvgIpc) is 2.56. The van der Waals surface area contributed by atoms with Crippen molar-refractivity contribution in [1.29, 1.82) is 0 Å². The Hall–Kier alpha value is -0.380. The SMILES string of the molecule is NC1CCNC(c2ccsc2)C1. The third-order valence-corrected chi connectivity index (χ3v) is 3.09. The maximum Gasteiger partial charge on any atom is 0.0343 e. The average molecular weight is 182 g/mol. The van der Waals surface area contributed by atoms with Crippen LogP contribution in [0.2, 0.25) is 0 Å². The second-order valence-electron chi connectivity index (χ2n) is 3.35. The molecule has 0 aromatic carbocycles. The maximum atomic E-state index is 5.89. The quantitative estimate of drug-likeness (QED) is 0.690. The van der Waals surface area contributed by atoms with E-state index < -0.39 is 0 Å². The topological polar surface area (TPSA) is 38.0 Å². The van der Waals surface area contributed by atoms with Crippen LogP contribution in [0.15, 0.2) is 16.8 Å². The first-order valence-corrected chi connectivity index (χ1v) is 5.31. The number of hydrogen-bond acceptors (Lipinski definition) is 3. The Balaban J connectivity index is 2.04. The molecule has 1 aromatic rings. The Bertz CT molecular complexity index is 233. The molecule has 2 unspecified atom stereocenters. The van der Waals surface area contributed by atoms with Crippen molar-refractivity contribution in [1.82, 2.24) is 5.32 Å². The fourth-order valence-electron chi connectivity index (χ4n) is 1.67. The standard InChI is InChI=1S/C9H14N2S/c10-8-1-3-11-9(5-8)7-2-4-12-6-7/h2,4,6,8-9,11H,1,3,5,10H2. The molecule has 1 aliphatic heterocycles. The molecular weight excluding hydrogens is 168 g/mol. The zero-order valence-corrected chi connectivity index (χ0v) is 7.81. The van der Waals surface area contributed by atoms with Crippen molar-refractivity contribution in [3.63, 3.8) is 0 Å². The van der Waals surface area contributed by atoms with Crippen LogP contribution in [-0.2, 0) is 0 Å². The van der Waals surface area contributed by atoms with Crippen molar-refractivity contribution in [2.24, 2.45) is 5.73 Å². The number of hydrogen-bond donors (Lipinski definition) is 2. The van der Waals surface area contributed by atoms with Crippen molar-refractivity contribution in [2.75, 3.05) is 6.54 Å². The molecule has 0 radical (unpaired) electrons. The van der Waals surface area contributed by atoms with E-state index in [9.17, 15) is 0 Å². The third-order valence-electron chi connectivity index (χ3n) is 2.39. The highest BCUT2D eigenvalue weighted by molar-refractivity contribution is 7.07. The van der Waals surface area contributed by atoms with Crippen molar-refractivity contribution in [3.8, 4) is 0 Å².